The highest BCUT2D eigenvalue weighted by molar-refractivity contribution is 7.94. The lowest BCUT2D eigenvalue weighted by atomic mass is 10.3. The summed E-state index contributed by atoms with van der Waals surface area (Å²) in [5.41, 5.74) is 0.449. The van der Waals surface area contributed by atoms with Gasteiger partial charge in [0.15, 0.2) is 11.7 Å². The maximum absolute atomic E-state index is 12.6. The van der Waals surface area contributed by atoms with Crippen molar-refractivity contribution >= 4 is 27.0 Å². The van der Waals surface area contributed by atoms with Crippen LogP contribution in [-0.2, 0) is 10.0 Å². The number of aromatic nitrogens is 1. The van der Waals surface area contributed by atoms with Crippen LogP contribution in [0.2, 0.25) is 0 Å². The molecule has 0 unspecified atom stereocenters. The molecule has 4 rings (SSSR count). The smallest absolute Gasteiger partial charge is 0.271 e. The number of ether oxygens (including phenoxy) is 1. The molecular formula is C17H16N2O4S2. The number of methoxy groups -OCH3 is 1. The zero-order chi connectivity index (χ0) is 17.4. The molecule has 0 saturated heterocycles. The van der Waals surface area contributed by atoms with E-state index < -0.39 is 10.0 Å². The van der Waals surface area contributed by atoms with E-state index in [1.165, 1.54) is 7.11 Å². The van der Waals surface area contributed by atoms with Gasteiger partial charge in [0.25, 0.3) is 10.0 Å². The second-order valence-electron chi connectivity index (χ2n) is 5.79. The van der Waals surface area contributed by atoms with Gasteiger partial charge >= 0.3 is 0 Å². The quantitative estimate of drug-likeness (QED) is 0.701. The summed E-state index contributed by atoms with van der Waals surface area (Å²) in [5.74, 6) is 2.35. The molecular weight excluding hydrogens is 360 g/mol. The van der Waals surface area contributed by atoms with Crippen molar-refractivity contribution in [1.29, 1.82) is 0 Å². The largest absolute Gasteiger partial charge is 0.497 e. The summed E-state index contributed by atoms with van der Waals surface area (Å²) in [5, 5.41) is 0. The number of nitrogens with zero attached hydrogens (tertiary/aromatic N) is 1. The van der Waals surface area contributed by atoms with E-state index in [0.717, 1.165) is 34.9 Å². The number of oxazole rings is 1. The summed E-state index contributed by atoms with van der Waals surface area (Å²) in [7, 11) is -2.14. The van der Waals surface area contributed by atoms with Crippen molar-refractivity contribution in [3.05, 3.63) is 48.5 Å². The fraction of sp³-hybridized carbons (Fsp3) is 0.235. The Bertz CT molecular complexity index is 1000. The van der Waals surface area contributed by atoms with E-state index in [9.17, 15) is 8.42 Å². The Morgan fingerprint density at radius 1 is 1.28 bits per heavy atom. The van der Waals surface area contributed by atoms with E-state index in [0.29, 0.717) is 23.1 Å². The Labute approximate surface area is 149 Å². The average Bonchev–Trinajstić information content (AvgIpc) is 3.12. The summed E-state index contributed by atoms with van der Waals surface area (Å²) < 4.78 is 38.8. The fourth-order valence-corrected chi connectivity index (χ4v) is 4.71. The lowest BCUT2D eigenvalue weighted by Gasteiger charge is -2.07. The van der Waals surface area contributed by atoms with Crippen molar-refractivity contribution in [2.75, 3.05) is 11.8 Å². The number of thiophene rings is 1. The zero-order valence-electron chi connectivity index (χ0n) is 13.4. The molecule has 25 heavy (non-hydrogen) atoms. The molecule has 1 saturated carbocycles. The summed E-state index contributed by atoms with van der Waals surface area (Å²) in [6, 6.07) is 10.1. The third-order valence-corrected chi connectivity index (χ3v) is 6.83. The molecule has 0 bridgehead atoms. The molecule has 0 aliphatic heterocycles. The number of hydrogen-bond donors (Lipinski definition) is 1. The predicted octanol–water partition coefficient (Wildman–Crippen LogP) is 4.09. The van der Waals surface area contributed by atoms with Gasteiger partial charge in [-0.3, -0.25) is 4.72 Å². The third-order valence-electron chi connectivity index (χ3n) is 3.86. The second-order valence-corrected chi connectivity index (χ2v) is 8.79. The van der Waals surface area contributed by atoms with E-state index >= 15 is 0 Å². The molecule has 2 aromatic heterocycles. The first-order valence-electron chi connectivity index (χ1n) is 7.78. The van der Waals surface area contributed by atoms with Gasteiger partial charge in [-0.25, -0.2) is 13.4 Å². The standard InChI is InChI=1S/C17H16N2O4S2/c1-22-13-4-2-3-12(9-13)19-25(20,21)16-8-7-15(24-16)14-10-18-17(23-14)11-5-6-11/h2-4,7-11,19H,5-6H2,1H3. The maximum atomic E-state index is 12.6. The van der Waals surface area contributed by atoms with E-state index in [4.69, 9.17) is 9.15 Å². The zero-order valence-corrected chi connectivity index (χ0v) is 15.1. The number of hydrogen-bond acceptors (Lipinski definition) is 6. The summed E-state index contributed by atoms with van der Waals surface area (Å²) in [6.07, 6.45) is 3.87. The SMILES string of the molecule is COc1cccc(NS(=O)(=O)c2ccc(-c3cnc(C4CC4)o3)s2)c1. The normalized spacial score (nSPS) is 14.4. The fourth-order valence-electron chi connectivity index (χ4n) is 2.41. The van der Waals surface area contributed by atoms with Gasteiger partial charge in [-0.2, -0.15) is 0 Å². The molecule has 0 spiro atoms. The van der Waals surface area contributed by atoms with Gasteiger partial charge in [-0.15, -0.1) is 11.3 Å². The van der Waals surface area contributed by atoms with Gasteiger partial charge in [0, 0.05) is 12.0 Å². The Balaban J connectivity index is 1.56. The molecule has 1 aliphatic carbocycles. The first-order valence-corrected chi connectivity index (χ1v) is 10.1. The van der Waals surface area contributed by atoms with Crippen LogP contribution >= 0.6 is 11.3 Å². The van der Waals surface area contributed by atoms with Crippen molar-refractivity contribution in [3.8, 4) is 16.4 Å². The lowest BCUT2D eigenvalue weighted by molar-refractivity contribution is 0.415. The van der Waals surface area contributed by atoms with Gasteiger partial charge in [0.05, 0.1) is 23.9 Å². The molecule has 1 N–H and O–H groups in total. The first kappa shape index (κ1) is 16.2. The van der Waals surface area contributed by atoms with Gasteiger partial charge in [0.1, 0.15) is 9.96 Å². The van der Waals surface area contributed by atoms with E-state index in [1.54, 1.807) is 42.6 Å². The van der Waals surface area contributed by atoms with Crippen molar-refractivity contribution in [3.63, 3.8) is 0 Å². The first-order chi connectivity index (χ1) is 12.0. The number of sulfonamides is 1. The van der Waals surface area contributed by atoms with Gasteiger partial charge in [-0.1, -0.05) is 6.07 Å². The minimum atomic E-state index is -3.67. The second kappa shape index (κ2) is 6.20. The molecule has 3 aromatic rings. The summed E-state index contributed by atoms with van der Waals surface area (Å²) in [4.78, 5) is 5.02. The van der Waals surface area contributed by atoms with Crippen LogP contribution in [0.15, 0.2) is 51.2 Å². The molecule has 1 aromatic carbocycles. The van der Waals surface area contributed by atoms with Gasteiger partial charge in [0.2, 0.25) is 0 Å². The summed E-state index contributed by atoms with van der Waals surface area (Å²) >= 11 is 1.15. The minimum absolute atomic E-state index is 0.217. The Hall–Kier alpha value is -2.32. The van der Waals surface area contributed by atoms with Crippen LogP contribution in [0.4, 0.5) is 5.69 Å². The number of anilines is 1. The molecule has 6 nitrogen and oxygen atoms in total. The number of nitrogens with one attached hydrogen (secondary N) is 1. The molecule has 1 aliphatic rings. The van der Waals surface area contributed by atoms with Crippen LogP contribution in [0.25, 0.3) is 10.6 Å². The molecule has 2 heterocycles. The van der Waals surface area contributed by atoms with E-state index in [-0.39, 0.29) is 4.21 Å². The average molecular weight is 376 g/mol. The van der Waals surface area contributed by atoms with Crippen LogP contribution in [0.1, 0.15) is 24.7 Å². The van der Waals surface area contributed by atoms with Crippen LogP contribution in [0, 0.1) is 0 Å². The molecule has 0 radical (unpaired) electrons. The molecule has 8 heteroatoms. The van der Waals surface area contributed by atoms with Gasteiger partial charge < -0.3 is 9.15 Å². The Kier molecular flexibility index (Phi) is 4.01. The molecule has 0 amide bonds. The van der Waals surface area contributed by atoms with Gasteiger partial charge in [-0.05, 0) is 37.1 Å². The minimum Gasteiger partial charge on any atom is -0.497 e. The lowest BCUT2D eigenvalue weighted by Crippen LogP contribution is -2.11. The van der Waals surface area contributed by atoms with Crippen molar-refractivity contribution in [1.82, 2.24) is 4.98 Å². The van der Waals surface area contributed by atoms with Crippen molar-refractivity contribution < 1.29 is 17.6 Å². The highest BCUT2D eigenvalue weighted by Crippen LogP contribution is 2.41. The predicted molar refractivity (Wildman–Crippen MR) is 95.6 cm³/mol. The third kappa shape index (κ3) is 3.40. The van der Waals surface area contributed by atoms with Crippen LogP contribution in [0.5, 0.6) is 5.75 Å². The maximum Gasteiger partial charge on any atom is 0.271 e. The van der Waals surface area contributed by atoms with Crippen molar-refractivity contribution in [2.24, 2.45) is 0 Å². The summed E-state index contributed by atoms with van der Waals surface area (Å²) in [6.45, 7) is 0. The van der Waals surface area contributed by atoms with Crippen LogP contribution in [-0.4, -0.2) is 20.5 Å². The van der Waals surface area contributed by atoms with E-state index in [1.807, 2.05) is 0 Å². The molecule has 1 fully saturated rings. The monoisotopic (exact) mass is 376 g/mol. The number of benzene rings is 1. The highest BCUT2D eigenvalue weighted by atomic mass is 32.2. The Morgan fingerprint density at radius 2 is 2.12 bits per heavy atom. The molecule has 130 valence electrons. The number of rotatable bonds is 6. The van der Waals surface area contributed by atoms with Crippen molar-refractivity contribution in [2.45, 2.75) is 23.0 Å². The highest BCUT2D eigenvalue weighted by Gasteiger charge is 2.29. The van der Waals surface area contributed by atoms with Crippen LogP contribution in [0.3, 0.4) is 0 Å². The van der Waals surface area contributed by atoms with Crippen LogP contribution < -0.4 is 9.46 Å². The van der Waals surface area contributed by atoms with E-state index in [2.05, 4.69) is 9.71 Å². The topological polar surface area (TPSA) is 81.4 Å². The Morgan fingerprint density at radius 3 is 2.88 bits per heavy atom. The molecule has 0 atom stereocenters.